The van der Waals surface area contributed by atoms with Gasteiger partial charge in [-0.3, -0.25) is 4.90 Å². The number of halogens is 2. The topological polar surface area (TPSA) is 3.24 Å². The summed E-state index contributed by atoms with van der Waals surface area (Å²) in [5, 5.41) is 1.54. The first-order valence-electron chi connectivity index (χ1n) is 6.94. The van der Waals surface area contributed by atoms with Gasteiger partial charge >= 0.3 is 0 Å². The van der Waals surface area contributed by atoms with Crippen LogP contribution < -0.4 is 0 Å². The van der Waals surface area contributed by atoms with Crippen LogP contribution in [-0.4, -0.2) is 17.0 Å². The van der Waals surface area contributed by atoms with Gasteiger partial charge in [-0.05, 0) is 43.4 Å². The van der Waals surface area contributed by atoms with Crippen LogP contribution in [-0.2, 0) is 6.54 Å². The Morgan fingerprint density at radius 2 is 1.61 bits per heavy atom. The molecule has 2 aliphatic heterocycles. The monoisotopic (exact) mass is 283 g/mol. The van der Waals surface area contributed by atoms with Crippen molar-refractivity contribution in [2.24, 2.45) is 0 Å². The Kier molecular flexibility index (Phi) is 3.83. The van der Waals surface area contributed by atoms with Crippen LogP contribution in [0.15, 0.2) is 18.2 Å². The summed E-state index contributed by atoms with van der Waals surface area (Å²) in [5.41, 5.74) is 1.22. The Labute approximate surface area is 119 Å². The molecule has 3 heteroatoms. The van der Waals surface area contributed by atoms with Gasteiger partial charge in [-0.2, -0.15) is 0 Å². The third-order valence-corrected chi connectivity index (χ3v) is 5.04. The summed E-state index contributed by atoms with van der Waals surface area (Å²) in [6.45, 7) is 0.991. The molecule has 18 heavy (non-hydrogen) atoms. The standard InChI is InChI=1S/C15H19Cl2N/c16-12-8-7-11(15(17)9-12)10-18-13-3-1-4-14(18)6-2-5-13/h7-9,13-14H,1-6,10H2. The summed E-state index contributed by atoms with van der Waals surface area (Å²) in [6, 6.07) is 7.45. The van der Waals surface area contributed by atoms with Gasteiger partial charge in [0, 0.05) is 28.7 Å². The molecule has 2 saturated heterocycles. The highest BCUT2D eigenvalue weighted by Gasteiger charge is 2.33. The van der Waals surface area contributed by atoms with E-state index in [0.717, 1.165) is 28.7 Å². The predicted octanol–water partition coefficient (Wildman–Crippen LogP) is 4.90. The number of hydrogen-bond acceptors (Lipinski definition) is 1. The third-order valence-electron chi connectivity index (χ3n) is 4.46. The highest BCUT2D eigenvalue weighted by atomic mass is 35.5. The fourth-order valence-corrected chi connectivity index (χ4v) is 4.00. The summed E-state index contributed by atoms with van der Waals surface area (Å²) in [6.07, 6.45) is 8.26. The first-order chi connectivity index (χ1) is 8.74. The van der Waals surface area contributed by atoms with Gasteiger partial charge in [0.05, 0.1) is 0 Å². The molecule has 0 amide bonds. The van der Waals surface area contributed by atoms with Crippen LogP contribution >= 0.6 is 23.2 Å². The molecule has 0 N–H and O–H groups in total. The van der Waals surface area contributed by atoms with Gasteiger partial charge in [-0.25, -0.2) is 0 Å². The molecule has 3 rings (SSSR count). The van der Waals surface area contributed by atoms with E-state index in [1.807, 2.05) is 12.1 Å². The van der Waals surface area contributed by atoms with E-state index in [4.69, 9.17) is 23.2 Å². The molecule has 2 aliphatic rings. The molecule has 0 spiro atoms. The first-order valence-corrected chi connectivity index (χ1v) is 7.69. The fraction of sp³-hybridized carbons (Fsp3) is 0.600. The molecule has 0 unspecified atom stereocenters. The van der Waals surface area contributed by atoms with Crippen molar-refractivity contribution < 1.29 is 0 Å². The second-order valence-corrected chi connectivity index (χ2v) is 6.42. The number of piperidine rings is 2. The minimum absolute atomic E-state index is 0.725. The zero-order chi connectivity index (χ0) is 12.5. The smallest absolute Gasteiger partial charge is 0.0465 e. The van der Waals surface area contributed by atoms with E-state index in [2.05, 4.69) is 11.0 Å². The van der Waals surface area contributed by atoms with Crippen molar-refractivity contribution in [3.8, 4) is 0 Å². The van der Waals surface area contributed by atoms with E-state index in [1.165, 1.54) is 44.1 Å². The van der Waals surface area contributed by atoms with Gasteiger partial charge in [0.15, 0.2) is 0 Å². The van der Waals surface area contributed by atoms with Crippen molar-refractivity contribution in [3.63, 3.8) is 0 Å². The van der Waals surface area contributed by atoms with E-state index in [0.29, 0.717) is 0 Å². The Hall–Kier alpha value is -0.240. The summed E-state index contributed by atoms with van der Waals surface area (Å²) in [7, 11) is 0. The summed E-state index contributed by atoms with van der Waals surface area (Å²) < 4.78 is 0. The minimum atomic E-state index is 0.725. The Morgan fingerprint density at radius 1 is 1.00 bits per heavy atom. The second kappa shape index (κ2) is 5.40. The lowest BCUT2D eigenvalue weighted by atomic mass is 9.84. The summed E-state index contributed by atoms with van der Waals surface area (Å²) in [5.74, 6) is 0. The predicted molar refractivity (Wildman–Crippen MR) is 77.3 cm³/mol. The van der Waals surface area contributed by atoms with Crippen LogP contribution in [0.5, 0.6) is 0 Å². The van der Waals surface area contributed by atoms with E-state index >= 15 is 0 Å². The maximum Gasteiger partial charge on any atom is 0.0465 e. The number of hydrogen-bond donors (Lipinski definition) is 0. The summed E-state index contributed by atoms with van der Waals surface area (Å²) >= 11 is 12.3. The van der Waals surface area contributed by atoms with E-state index in [-0.39, 0.29) is 0 Å². The van der Waals surface area contributed by atoms with Crippen molar-refractivity contribution in [1.82, 2.24) is 4.90 Å². The van der Waals surface area contributed by atoms with Gasteiger partial charge in [0.2, 0.25) is 0 Å². The third kappa shape index (κ3) is 2.54. The van der Waals surface area contributed by atoms with Crippen LogP contribution in [0.4, 0.5) is 0 Å². The molecule has 1 nitrogen and oxygen atoms in total. The van der Waals surface area contributed by atoms with Crippen LogP contribution in [0.3, 0.4) is 0 Å². The second-order valence-electron chi connectivity index (χ2n) is 5.58. The van der Waals surface area contributed by atoms with E-state index < -0.39 is 0 Å². The van der Waals surface area contributed by atoms with Crippen LogP contribution in [0.1, 0.15) is 44.1 Å². The fourth-order valence-electron chi connectivity index (χ4n) is 3.53. The molecule has 0 atom stereocenters. The quantitative estimate of drug-likeness (QED) is 0.746. The molecule has 0 saturated carbocycles. The number of nitrogens with zero attached hydrogens (tertiary/aromatic N) is 1. The minimum Gasteiger partial charge on any atom is -0.293 e. The van der Waals surface area contributed by atoms with Gasteiger partial charge in [-0.15, -0.1) is 0 Å². The number of fused-ring (bicyclic) bond motifs is 2. The molecule has 2 heterocycles. The van der Waals surface area contributed by atoms with Crippen molar-refractivity contribution in [2.75, 3.05) is 0 Å². The lowest BCUT2D eigenvalue weighted by molar-refractivity contribution is 0.0332. The molecule has 2 bridgehead atoms. The Balaban J connectivity index is 1.78. The first kappa shape index (κ1) is 12.8. The van der Waals surface area contributed by atoms with Gasteiger partial charge < -0.3 is 0 Å². The highest BCUT2D eigenvalue weighted by molar-refractivity contribution is 6.35. The molecule has 0 aliphatic carbocycles. The molecule has 0 aromatic heterocycles. The van der Waals surface area contributed by atoms with Crippen molar-refractivity contribution in [2.45, 2.75) is 57.2 Å². The van der Waals surface area contributed by atoms with E-state index in [1.54, 1.807) is 0 Å². The largest absolute Gasteiger partial charge is 0.293 e. The maximum absolute atomic E-state index is 6.29. The molecule has 1 aromatic rings. The molecule has 98 valence electrons. The highest BCUT2D eigenvalue weighted by Crippen LogP contribution is 2.36. The zero-order valence-electron chi connectivity index (χ0n) is 10.5. The van der Waals surface area contributed by atoms with Crippen LogP contribution in [0.25, 0.3) is 0 Å². The maximum atomic E-state index is 6.29. The Bertz CT molecular complexity index is 411. The number of rotatable bonds is 2. The molecular weight excluding hydrogens is 265 g/mol. The van der Waals surface area contributed by atoms with Gasteiger partial charge in [0.1, 0.15) is 0 Å². The molecule has 2 fully saturated rings. The normalized spacial score (nSPS) is 28.3. The SMILES string of the molecule is Clc1ccc(CN2C3CCCC2CCC3)c(Cl)c1. The van der Waals surface area contributed by atoms with Crippen LogP contribution in [0, 0.1) is 0 Å². The molecule has 1 aromatic carbocycles. The van der Waals surface area contributed by atoms with Gasteiger partial charge in [-0.1, -0.05) is 42.1 Å². The average molecular weight is 284 g/mol. The number of benzene rings is 1. The zero-order valence-corrected chi connectivity index (χ0v) is 12.1. The van der Waals surface area contributed by atoms with Crippen molar-refractivity contribution in [1.29, 1.82) is 0 Å². The lowest BCUT2D eigenvalue weighted by Gasteiger charge is -2.46. The van der Waals surface area contributed by atoms with Crippen molar-refractivity contribution in [3.05, 3.63) is 33.8 Å². The average Bonchev–Trinajstić information content (AvgIpc) is 2.32. The summed E-state index contributed by atoms with van der Waals surface area (Å²) in [4.78, 5) is 2.68. The Morgan fingerprint density at radius 3 is 2.17 bits per heavy atom. The van der Waals surface area contributed by atoms with E-state index in [9.17, 15) is 0 Å². The lowest BCUT2D eigenvalue weighted by Crippen LogP contribution is -2.48. The van der Waals surface area contributed by atoms with Gasteiger partial charge in [0.25, 0.3) is 0 Å². The molecular formula is C15H19Cl2N. The van der Waals surface area contributed by atoms with Crippen LogP contribution in [0.2, 0.25) is 10.0 Å². The molecule has 0 radical (unpaired) electrons. The van der Waals surface area contributed by atoms with Crippen molar-refractivity contribution >= 4 is 23.2 Å².